The molecule has 7 nitrogen and oxygen atoms in total. The number of methoxy groups -OCH3 is 1. The van der Waals surface area contributed by atoms with Crippen LogP contribution in [-0.2, 0) is 31.4 Å². The van der Waals surface area contributed by atoms with E-state index >= 15 is 0 Å². The van der Waals surface area contributed by atoms with Crippen molar-refractivity contribution < 1.29 is 35.9 Å². The van der Waals surface area contributed by atoms with E-state index in [1.807, 2.05) is 0 Å². The smallest absolute Gasteiger partial charge is 0.417 e. The minimum atomic E-state index is -4.59. The molecule has 226 valence electrons. The van der Waals surface area contributed by atoms with Crippen molar-refractivity contribution in [2.24, 2.45) is 12.5 Å². The summed E-state index contributed by atoms with van der Waals surface area (Å²) in [5.74, 6) is 0.899. The zero-order valence-corrected chi connectivity index (χ0v) is 23.1. The molecule has 2 amide bonds. The third kappa shape index (κ3) is 5.65. The Morgan fingerprint density at radius 2 is 1.55 bits per heavy atom. The fourth-order valence-electron chi connectivity index (χ4n) is 6.42. The first-order valence-corrected chi connectivity index (χ1v) is 13.6. The molecule has 2 bridgehead atoms. The van der Waals surface area contributed by atoms with Crippen LogP contribution in [0.15, 0.2) is 42.5 Å². The van der Waals surface area contributed by atoms with Crippen LogP contribution < -0.4 is 15.4 Å². The highest BCUT2D eigenvalue weighted by molar-refractivity contribution is 5.74. The molecular weight excluding hydrogens is 564 g/mol. The van der Waals surface area contributed by atoms with Gasteiger partial charge in [-0.05, 0) is 67.7 Å². The second kappa shape index (κ2) is 10.8. The van der Waals surface area contributed by atoms with Gasteiger partial charge in [-0.1, -0.05) is 24.3 Å². The third-order valence-corrected chi connectivity index (χ3v) is 8.91. The van der Waals surface area contributed by atoms with Crippen LogP contribution in [0.3, 0.4) is 0 Å². The lowest BCUT2D eigenvalue weighted by molar-refractivity contribution is -0.138. The van der Waals surface area contributed by atoms with Crippen LogP contribution in [0.2, 0.25) is 0 Å². The fourth-order valence-corrected chi connectivity index (χ4v) is 6.42. The topological polar surface area (TPSA) is 81.1 Å². The summed E-state index contributed by atoms with van der Waals surface area (Å²) in [7, 11) is 2.98. The zero-order chi connectivity index (χ0) is 30.3. The second-order valence-corrected chi connectivity index (χ2v) is 11.3. The van der Waals surface area contributed by atoms with Crippen molar-refractivity contribution in [3.8, 4) is 17.1 Å². The number of fused-ring (bicyclic) bond motifs is 3. The lowest BCUT2D eigenvalue weighted by atomic mass is 9.53. The SMILES string of the molecule is COc1ccc(CNC(=O)NCC23CCC(c4nnc(-c5ccccc5C(F)(F)F)n4C)(CC2)CC3)c(C(F)(F)F)c1. The van der Waals surface area contributed by atoms with Crippen molar-refractivity contribution >= 4 is 6.03 Å². The summed E-state index contributed by atoms with van der Waals surface area (Å²) in [4.78, 5) is 12.5. The van der Waals surface area contributed by atoms with Crippen molar-refractivity contribution in [3.05, 3.63) is 65.0 Å². The molecule has 0 spiro atoms. The first-order chi connectivity index (χ1) is 19.8. The van der Waals surface area contributed by atoms with Gasteiger partial charge in [-0.3, -0.25) is 0 Å². The number of urea groups is 1. The van der Waals surface area contributed by atoms with E-state index in [2.05, 4.69) is 20.8 Å². The van der Waals surface area contributed by atoms with Crippen LogP contribution in [0.5, 0.6) is 5.75 Å². The number of rotatable bonds is 7. The molecule has 3 saturated carbocycles. The number of ether oxygens (including phenoxy) is 1. The van der Waals surface area contributed by atoms with Gasteiger partial charge in [0.25, 0.3) is 0 Å². The van der Waals surface area contributed by atoms with E-state index in [-0.39, 0.29) is 40.1 Å². The van der Waals surface area contributed by atoms with Gasteiger partial charge in [0.15, 0.2) is 5.82 Å². The molecule has 0 radical (unpaired) electrons. The minimum Gasteiger partial charge on any atom is -0.497 e. The molecule has 0 saturated heterocycles. The number of hydrogen-bond donors (Lipinski definition) is 2. The van der Waals surface area contributed by atoms with E-state index < -0.39 is 29.5 Å². The number of benzene rings is 2. The number of alkyl halides is 6. The normalized spacial score (nSPS) is 22.2. The van der Waals surface area contributed by atoms with Crippen molar-refractivity contribution in [1.29, 1.82) is 0 Å². The molecule has 0 unspecified atom stereocenters. The number of nitrogens with one attached hydrogen (secondary N) is 2. The van der Waals surface area contributed by atoms with Gasteiger partial charge >= 0.3 is 18.4 Å². The lowest BCUT2D eigenvalue weighted by Crippen LogP contribution is -2.51. The van der Waals surface area contributed by atoms with Gasteiger partial charge in [-0.15, -0.1) is 10.2 Å². The predicted molar refractivity (Wildman–Crippen MR) is 141 cm³/mol. The molecule has 1 aromatic heterocycles. The standard InChI is InChI=1S/C29H31F6N5O2/c1-40-23(20-5-3-4-6-21(20)28(30,31)32)38-39-24(40)27-12-9-26(10-13-27,11-14-27)17-37-25(41)36-16-18-7-8-19(42-2)15-22(18)29(33,34)35/h3-8,15H,9-14,16-17H2,1-2H3,(H2,36,37,41). The van der Waals surface area contributed by atoms with E-state index in [4.69, 9.17) is 4.74 Å². The highest BCUT2D eigenvalue weighted by Crippen LogP contribution is 2.57. The van der Waals surface area contributed by atoms with Crippen LogP contribution in [0.25, 0.3) is 11.4 Å². The highest BCUT2D eigenvalue weighted by atomic mass is 19.4. The molecular formula is C29H31F6N5O2. The molecule has 0 atom stereocenters. The average Bonchev–Trinajstić information content (AvgIpc) is 3.36. The monoisotopic (exact) mass is 595 g/mol. The number of amides is 2. The van der Waals surface area contributed by atoms with Crippen LogP contribution in [0.4, 0.5) is 31.1 Å². The summed E-state index contributed by atoms with van der Waals surface area (Å²) in [6, 6.07) is 8.36. The summed E-state index contributed by atoms with van der Waals surface area (Å²) in [5, 5.41) is 13.9. The fraction of sp³-hybridized carbons (Fsp3) is 0.483. The Bertz CT molecular complexity index is 1440. The van der Waals surface area contributed by atoms with Gasteiger partial charge < -0.3 is 19.9 Å². The molecule has 6 rings (SSSR count). The van der Waals surface area contributed by atoms with Crippen LogP contribution in [0, 0.1) is 5.41 Å². The molecule has 0 aliphatic heterocycles. The number of carbonyl (C=O) groups excluding carboxylic acids is 1. The van der Waals surface area contributed by atoms with Crippen molar-refractivity contribution in [1.82, 2.24) is 25.4 Å². The number of hydrogen-bond acceptors (Lipinski definition) is 4. The number of halogens is 6. The van der Waals surface area contributed by atoms with Crippen molar-refractivity contribution in [2.75, 3.05) is 13.7 Å². The van der Waals surface area contributed by atoms with E-state index in [0.717, 1.165) is 50.7 Å². The van der Waals surface area contributed by atoms with E-state index in [1.165, 1.54) is 31.4 Å². The summed E-state index contributed by atoms with van der Waals surface area (Å²) in [6.07, 6.45) is -4.59. The maximum atomic E-state index is 13.6. The Hall–Kier alpha value is -3.77. The van der Waals surface area contributed by atoms with Crippen LogP contribution in [-0.4, -0.2) is 34.5 Å². The Balaban J connectivity index is 1.21. The van der Waals surface area contributed by atoms with Gasteiger partial charge in [-0.2, -0.15) is 26.3 Å². The maximum Gasteiger partial charge on any atom is 0.417 e. The zero-order valence-electron chi connectivity index (χ0n) is 23.1. The molecule has 1 heterocycles. The molecule has 3 aliphatic carbocycles. The van der Waals surface area contributed by atoms with Crippen LogP contribution in [0.1, 0.15) is 61.0 Å². The summed E-state index contributed by atoms with van der Waals surface area (Å²) < 4.78 is 87.9. The van der Waals surface area contributed by atoms with E-state index in [0.29, 0.717) is 12.4 Å². The minimum absolute atomic E-state index is 0.0178. The highest BCUT2D eigenvalue weighted by Gasteiger charge is 2.51. The molecule has 3 aromatic rings. The molecule has 13 heteroatoms. The van der Waals surface area contributed by atoms with Crippen molar-refractivity contribution in [2.45, 2.75) is 62.8 Å². The Kier molecular flexibility index (Phi) is 7.65. The molecule has 42 heavy (non-hydrogen) atoms. The van der Waals surface area contributed by atoms with Gasteiger partial charge in [0.1, 0.15) is 11.6 Å². The quantitative estimate of drug-likeness (QED) is 0.301. The number of nitrogens with zero attached hydrogens (tertiary/aromatic N) is 3. The number of aromatic nitrogens is 3. The van der Waals surface area contributed by atoms with E-state index in [1.54, 1.807) is 17.7 Å². The lowest BCUT2D eigenvalue weighted by Gasteiger charge is -2.52. The maximum absolute atomic E-state index is 13.6. The molecule has 2 N–H and O–H groups in total. The summed E-state index contributed by atoms with van der Waals surface area (Å²) in [5.41, 5.74) is -2.21. The van der Waals surface area contributed by atoms with Gasteiger partial charge in [0.2, 0.25) is 0 Å². The second-order valence-electron chi connectivity index (χ2n) is 11.3. The summed E-state index contributed by atoms with van der Waals surface area (Å²) >= 11 is 0. The first kappa shape index (κ1) is 29.7. The molecule has 2 aromatic carbocycles. The third-order valence-electron chi connectivity index (χ3n) is 8.91. The van der Waals surface area contributed by atoms with Gasteiger partial charge in [0, 0.05) is 31.1 Å². The van der Waals surface area contributed by atoms with Gasteiger partial charge in [-0.25, -0.2) is 4.79 Å². The van der Waals surface area contributed by atoms with Crippen LogP contribution >= 0.6 is 0 Å². The van der Waals surface area contributed by atoms with Gasteiger partial charge in [0.05, 0.1) is 18.2 Å². The summed E-state index contributed by atoms with van der Waals surface area (Å²) in [6.45, 7) is 0.0689. The number of carbonyl (C=O) groups is 1. The van der Waals surface area contributed by atoms with Crippen molar-refractivity contribution in [3.63, 3.8) is 0 Å². The average molecular weight is 596 g/mol. The largest absolute Gasteiger partial charge is 0.497 e. The van der Waals surface area contributed by atoms with E-state index in [9.17, 15) is 31.1 Å². The Labute approximate surface area is 238 Å². The molecule has 3 fully saturated rings. The first-order valence-electron chi connectivity index (χ1n) is 13.6. The molecule has 3 aliphatic rings. The predicted octanol–water partition coefficient (Wildman–Crippen LogP) is 6.62. The Morgan fingerprint density at radius 1 is 0.905 bits per heavy atom. The Morgan fingerprint density at radius 3 is 2.17 bits per heavy atom.